The van der Waals surface area contributed by atoms with Crippen LogP contribution in [0.2, 0.25) is 0 Å². The second-order valence-electron chi connectivity index (χ2n) is 8.42. The van der Waals surface area contributed by atoms with Crippen LogP contribution < -0.4 is 19.7 Å². The van der Waals surface area contributed by atoms with Gasteiger partial charge in [0.1, 0.15) is 13.9 Å². The molecule has 32 heavy (non-hydrogen) atoms. The fourth-order valence-corrected chi connectivity index (χ4v) is 8.11. The number of hydrogen-bond acceptors (Lipinski definition) is 6. The normalized spacial score (nSPS) is 24.7. The maximum Gasteiger partial charge on any atom is 0.269 e. The number of thioether (sulfide) groups is 1. The Kier molecular flexibility index (Phi) is 5.80. The SMILES string of the molecule is CCN1C(=O)/C(=c2\s/c(=C/c3ccc4c(c3)C3CCCC3N4CC)c(=O)n2CC)SC1=S. The molecule has 2 fully saturated rings. The number of thiocarbonyl (C=S) groups is 1. The van der Waals surface area contributed by atoms with Gasteiger partial charge < -0.3 is 4.90 Å². The predicted molar refractivity (Wildman–Crippen MR) is 138 cm³/mol. The molecular formula is C24H27N3O2S3. The lowest BCUT2D eigenvalue weighted by atomic mass is 9.96. The Morgan fingerprint density at radius 3 is 2.62 bits per heavy atom. The van der Waals surface area contributed by atoms with Crippen LogP contribution in [-0.4, -0.2) is 38.8 Å². The van der Waals surface area contributed by atoms with Gasteiger partial charge in [0.2, 0.25) is 0 Å². The first-order valence-electron chi connectivity index (χ1n) is 11.4. The lowest BCUT2D eigenvalue weighted by Crippen LogP contribution is -2.33. The van der Waals surface area contributed by atoms with Crippen molar-refractivity contribution in [3.8, 4) is 0 Å². The van der Waals surface area contributed by atoms with Gasteiger partial charge in [0, 0.05) is 37.3 Å². The number of likely N-dealkylation sites (N-methyl/N-ethyl adjacent to an activating group) is 1. The molecule has 0 radical (unpaired) electrons. The van der Waals surface area contributed by atoms with Crippen LogP contribution in [0.25, 0.3) is 11.0 Å². The third kappa shape index (κ3) is 3.30. The lowest BCUT2D eigenvalue weighted by Gasteiger charge is -2.25. The summed E-state index contributed by atoms with van der Waals surface area (Å²) >= 11 is 8.07. The summed E-state index contributed by atoms with van der Waals surface area (Å²) < 4.78 is 3.65. The first-order chi connectivity index (χ1) is 15.5. The zero-order chi connectivity index (χ0) is 22.6. The van der Waals surface area contributed by atoms with Crippen LogP contribution in [0, 0.1) is 0 Å². The molecule has 0 N–H and O–H groups in total. The van der Waals surface area contributed by atoms with Crippen molar-refractivity contribution in [2.75, 3.05) is 18.0 Å². The molecule has 5 nitrogen and oxygen atoms in total. The molecule has 168 valence electrons. The van der Waals surface area contributed by atoms with Crippen LogP contribution in [0.1, 0.15) is 57.1 Å². The van der Waals surface area contributed by atoms with Crippen molar-refractivity contribution in [1.29, 1.82) is 0 Å². The fourth-order valence-electron chi connectivity index (χ4n) is 5.41. The number of amides is 1. The molecular weight excluding hydrogens is 458 g/mol. The number of benzene rings is 1. The minimum Gasteiger partial charge on any atom is -0.368 e. The zero-order valence-corrected chi connectivity index (χ0v) is 21.0. The first kappa shape index (κ1) is 21.9. The van der Waals surface area contributed by atoms with Crippen molar-refractivity contribution in [3.63, 3.8) is 0 Å². The Morgan fingerprint density at radius 1 is 1.12 bits per heavy atom. The molecule has 2 atom stereocenters. The Hall–Kier alpha value is -1.90. The van der Waals surface area contributed by atoms with Crippen molar-refractivity contribution >= 4 is 62.2 Å². The van der Waals surface area contributed by atoms with Gasteiger partial charge in [-0.15, -0.1) is 11.3 Å². The average Bonchev–Trinajstić information content (AvgIpc) is 3.51. The van der Waals surface area contributed by atoms with Crippen molar-refractivity contribution in [1.82, 2.24) is 9.47 Å². The van der Waals surface area contributed by atoms with Gasteiger partial charge in [-0.1, -0.05) is 36.5 Å². The van der Waals surface area contributed by atoms with E-state index in [9.17, 15) is 9.59 Å². The van der Waals surface area contributed by atoms with E-state index in [0.29, 0.717) is 43.5 Å². The number of hydrogen-bond donors (Lipinski definition) is 0. The molecule has 1 aromatic heterocycles. The van der Waals surface area contributed by atoms with Gasteiger partial charge in [0.15, 0.2) is 0 Å². The third-order valence-corrected chi connectivity index (χ3v) is 9.56. The monoisotopic (exact) mass is 485 g/mol. The number of aromatic nitrogens is 1. The predicted octanol–water partition coefficient (Wildman–Crippen LogP) is 3.22. The Bertz CT molecular complexity index is 1290. The molecule has 3 aliphatic rings. The Morgan fingerprint density at radius 2 is 1.94 bits per heavy atom. The van der Waals surface area contributed by atoms with Crippen LogP contribution in [0.15, 0.2) is 23.0 Å². The summed E-state index contributed by atoms with van der Waals surface area (Å²) in [6.45, 7) is 8.19. The number of anilines is 1. The first-order valence-corrected chi connectivity index (χ1v) is 13.4. The van der Waals surface area contributed by atoms with Gasteiger partial charge in [-0.3, -0.25) is 19.1 Å². The van der Waals surface area contributed by atoms with E-state index < -0.39 is 0 Å². The minimum atomic E-state index is -0.0954. The van der Waals surface area contributed by atoms with E-state index in [1.807, 2.05) is 19.9 Å². The highest BCUT2D eigenvalue weighted by atomic mass is 32.2. The third-order valence-electron chi connectivity index (χ3n) is 6.86. The van der Waals surface area contributed by atoms with Gasteiger partial charge in [-0.25, -0.2) is 0 Å². The average molecular weight is 486 g/mol. The van der Waals surface area contributed by atoms with Crippen molar-refractivity contribution in [2.45, 2.75) is 58.5 Å². The smallest absolute Gasteiger partial charge is 0.269 e. The van der Waals surface area contributed by atoms with Gasteiger partial charge >= 0.3 is 0 Å². The highest BCUT2D eigenvalue weighted by molar-refractivity contribution is 8.30. The standard InChI is InChI=1S/C24H27N3O2S3/c1-4-25-17-9-7-8-15(17)16-12-14(10-11-18(16)25)13-19-21(28)26(5-2)23(31-19)20-22(29)27(6-3)24(30)32-20/h10-13,15,17H,4-9H2,1-3H3/b19-13+,23-20+. The molecule has 2 aromatic rings. The molecule has 0 spiro atoms. The van der Waals surface area contributed by atoms with E-state index in [0.717, 1.165) is 12.1 Å². The second-order valence-corrected chi connectivity index (χ2v) is 11.1. The molecule has 1 aliphatic carbocycles. The van der Waals surface area contributed by atoms with Crippen molar-refractivity contribution in [2.24, 2.45) is 0 Å². The highest BCUT2D eigenvalue weighted by Crippen LogP contribution is 2.49. The van der Waals surface area contributed by atoms with Gasteiger partial charge in [0.05, 0.1) is 4.53 Å². The molecule has 1 saturated carbocycles. The number of fused-ring (bicyclic) bond motifs is 3. The summed E-state index contributed by atoms with van der Waals surface area (Å²) in [4.78, 5) is 30.8. The van der Waals surface area contributed by atoms with Gasteiger partial charge in [-0.05, 0) is 62.9 Å². The van der Waals surface area contributed by atoms with Crippen LogP contribution >= 0.6 is 35.3 Å². The molecule has 2 aliphatic heterocycles. The van der Waals surface area contributed by atoms with E-state index in [4.69, 9.17) is 12.2 Å². The number of carbonyl (C=O) groups excluding carboxylic acids is 1. The summed E-state index contributed by atoms with van der Waals surface area (Å²) in [7, 11) is 0. The van der Waals surface area contributed by atoms with Crippen LogP contribution in [0.4, 0.5) is 5.69 Å². The highest BCUT2D eigenvalue weighted by Gasteiger charge is 2.40. The number of thiazole rings is 1. The summed E-state index contributed by atoms with van der Waals surface area (Å²) in [5.41, 5.74) is 3.80. The van der Waals surface area contributed by atoms with E-state index in [1.54, 1.807) is 9.47 Å². The van der Waals surface area contributed by atoms with E-state index in [1.165, 1.54) is 53.6 Å². The molecule has 1 amide bonds. The second kappa shape index (κ2) is 8.47. The Labute approximate surface area is 201 Å². The maximum atomic E-state index is 13.2. The van der Waals surface area contributed by atoms with Crippen LogP contribution in [-0.2, 0) is 11.3 Å². The lowest BCUT2D eigenvalue weighted by molar-refractivity contribution is -0.120. The molecule has 2 unspecified atom stereocenters. The summed E-state index contributed by atoms with van der Waals surface area (Å²) in [6.07, 6.45) is 5.79. The van der Waals surface area contributed by atoms with Crippen LogP contribution in [0.3, 0.4) is 0 Å². The maximum absolute atomic E-state index is 13.2. The van der Waals surface area contributed by atoms with Crippen LogP contribution in [0.5, 0.6) is 0 Å². The molecule has 8 heteroatoms. The molecule has 1 saturated heterocycles. The largest absolute Gasteiger partial charge is 0.368 e. The molecule has 3 heterocycles. The summed E-state index contributed by atoms with van der Waals surface area (Å²) in [5, 5.41) is 0. The van der Waals surface area contributed by atoms with Crippen molar-refractivity contribution < 1.29 is 4.79 Å². The summed E-state index contributed by atoms with van der Waals surface area (Å²) in [6, 6.07) is 7.25. The van der Waals surface area contributed by atoms with Gasteiger partial charge in [-0.2, -0.15) is 0 Å². The number of nitrogens with zero attached hydrogens (tertiary/aromatic N) is 3. The van der Waals surface area contributed by atoms with E-state index in [2.05, 4.69) is 30.0 Å². The molecule has 1 aromatic carbocycles. The number of rotatable bonds is 4. The van der Waals surface area contributed by atoms with E-state index >= 15 is 0 Å². The molecule has 0 bridgehead atoms. The number of carbonyl (C=O) groups is 1. The fraction of sp³-hybridized carbons (Fsp3) is 0.458. The zero-order valence-electron chi connectivity index (χ0n) is 18.6. The topological polar surface area (TPSA) is 45.6 Å². The van der Waals surface area contributed by atoms with E-state index in [-0.39, 0.29) is 11.5 Å². The molecule has 5 rings (SSSR count). The quantitative estimate of drug-likeness (QED) is 0.623. The minimum absolute atomic E-state index is 0.0382. The summed E-state index contributed by atoms with van der Waals surface area (Å²) in [5.74, 6) is 0.510. The van der Waals surface area contributed by atoms with Gasteiger partial charge in [0.25, 0.3) is 11.5 Å². The van der Waals surface area contributed by atoms with Crippen molar-refractivity contribution in [3.05, 3.63) is 48.9 Å². The Balaban J connectivity index is 1.62.